The van der Waals surface area contributed by atoms with Crippen molar-refractivity contribution >= 4 is 0 Å². The van der Waals surface area contributed by atoms with Crippen molar-refractivity contribution in [3.05, 3.63) is 29.8 Å². The summed E-state index contributed by atoms with van der Waals surface area (Å²) in [6.45, 7) is 1.59. The van der Waals surface area contributed by atoms with Crippen LogP contribution in [0, 0.1) is 11.3 Å². The third-order valence-corrected chi connectivity index (χ3v) is 2.86. The molecule has 1 atom stereocenters. The second-order valence-corrected chi connectivity index (χ2v) is 4.02. The molecular formula is C12H15N3O. The first-order chi connectivity index (χ1) is 7.74. The lowest BCUT2D eigenvalue weighted by molar-refractivity contribution is 0.121. The van der Waals surface area contributed by atoms with Crippen LogP contribution in [0.3, 0.4) is 0 Å². The van der Waals surface area contributed by atoms with E-state index in [1.807, 2.05) is 24.3 Å². The first-order valence-electron chi connectivity index (χ1n) is 5.28. The minimum atomic E-state index is -0.189. The quantitative estimate of drug-likeness (QED) is 0.817. The monoisotopic (exact) mass is 217 g/mol. The molecule has 2 rings (SSSR count). The summed E-state index contributed by atoms with van der Waals surface area (Å²) in [7, 11) is 1.63. The minimum Gasteiger partial charge on any atom is -0.497 e. The minimum absolute atomic E-state index is 0.189. The molecule has 0 bridgehead atoms. The lowest BCUT2D eigenvalue weighted by atomic mass is 10.0. The molecule has 1 aliphatic heterocycles. The molecule has 0 unspecified atom stereocenters. The van der Waals surface area contributed by atoms with Crippen LogP contribution in [-0.2, 0) is 0 Å². The third kappa shape index (κ3) is 2.01. The number of likely N-dealkylation sites (tertiary alicyclic amines) is 1. The zero-order valence-corrected chi connectivity index (χ0v) is 9.26. The topological polar surface area (TPSA) is 62.3 Å². The van der Waals surface area contributed by atoms with E-state index in [2.05, 4.69) is 11.0 Å². The summed E-state index contributed by atoms with van der Waals surface area (Å²) in [5.74, 6) is 0.806. The van der Waals surface area contributed by atoms with Crippen LogP contribution in [0.4, 0.5) is 0 Å². The maximum atomic E-state index is 9.16. The lowest BCUT2D eigenvalue weighted by Gasteiger charge is -2.39. The van der Waals surface area contributed by atoms with Gasteiger partial charge in [-0.05, 0) is 17.7 Å². The first kappa shape index (κ1) is 10.9. The number of benzene rings is 1. The number of methoxy groups -OCH3 is 1. The molecule has 1 heterocycles. The second kappa shape index (κ2) is 4.52. The van der Waals surface area contributed by atoms with Gasteiger partial charge in [-0.2, -0.15) is 5.26 Å². The van der Waals surface area contributed by atoms with Crippen molar-refractivity contribution in [3.8, 4) is 11.8 Å². The van der Waals surface area contributed by atoms with Gasteiger partial charge in [-0.25, -0.2) is 0 Å². The zero-order valence-electron chi connectivity index (χ0n) is 9.26. The van der Waals surface area contributed by atoms with Crippen LogP contribution in [0.15, 0.2) is 24.3 Å². The summed E-state index contributed by atoms with van der Waals surface area (Å²) in [6.07, 6.45) is 0. The predicted octanol–water partition coefficient (Wildman–Crippen LogP) is 0.903. The fraction of sp³-hybridized carbons (Fsp3) is 0.417. The van der Waals surface area contributed by atoms with Crippen molar-refractivity contribution < 1.29 is 4.74 Å². The van der Waals surface area contributed by atoms with Crippen LogP contribution in [-0.4, -0.2) is 31.1 Å². The molecule has 2 N–H and O–H groups in total. The van der Waals surface area contributed by atoms with E-state index in [9.17, 15) is 0 Å². The van der Waals surface area contributed by atoms with Crippen LogP contribution >= 0.6 is 0 Å². The molecule has 0 radical (unpaired) electrons. The molecule has 1 aliphatic rings. The standard InChI is InChI=1S/C12H15N3O/c1-16-11-4-2-9(3-5-11)12(6-13)15-7-10(14)8-15/h2-5,10,12H,7-8,14H2,1H3/t12-/m0/s1. The summed E-state index contributed by atoms with van der Waals surface area (Å²) < 4.78 is 5.08. The molecule has 0 amide bonds. The summed E-state index contributed by atoms with van der Waals surface area (Å²) in [4.78, 5) is 2.08. The first-order valence-corrected chi connectivity index (χ1v) is 5.28. The van der Waals surface area contributed by atoms with E-state index >= 15 is 0 Å². The number of hydrogen-bond acceptors (Lipinski definition) is 4. The number of nitrogens with zero attached hydrogens (tertiary/aromatic N) is 2. The van der Waals surface area contributed by atoms with Crippen LogP contribution < -0.4 is 10.5 Å². The van der Waals surface area contributed by atoms with Crippen molar-refractivity contribution in [1.29, 1.82) is 5.26 Å². The summed E-state index contributed by atoms with van der Waals surface area (Å²) in [5, 5.41) is 9.16. The highest BCUT2D eigenvalue weighted by Crippen LogP contribution is 2.25. The molecule has 0 saturated carbocycles. The van der Waals surface area contributed by atoms with Crippen molar-refractivity contribution in [2.24, 2.45) is 5.73 Å². The van der Waals surface area contributed by atoms with Gasteiger partial charge < -0.3 is 10.5 Å². The molecule has 4 heteroatoms. The fourth-order valence-corrected chi connectivity index (χ4v) is 1.91. The van der Waals surface area contributed by atoms with Gasteiger partial charge in [-0.3, -0.25) is 4.90 Å². The molecule has 84 valence electrons. The number of ether oxygens (including phenoxy) is 1. The summed E-state index contributed by atoms with van der Waals surface area (Å²) in [5.41, 5.74) is 6.71. The summed E-state index contributed by atoms with van der Waals surface area (Å²) >= 11 is 0. The van der Waals surface area contributed by atoms with E-state index < -0.39 is 0 Å². The molecule has 0 spiro atoms. The smallest absolute Gasteiger partial charge is 0.123 e. The van der Waals surface area contributed by atoms with Crippen LogP contribution in [0.1, 0.15) is 11.6 Å². The Morgan fingerprint density at radius 2 is 2.06 bits per heavy atom. The highest BCUT2D eigenvalue weighted by molar-refractivity contribution is 5.32. The largest absolute Gasteiger partial charge is 0.497 e. The van der Waals surface area contributed by atoms with E-state index in [0.717, 1.165) is 24.4 Å². The average Bonchev–Trinajstić information content (AvgIpc) is 2.28. The zero-order chi connectivity index (χ0) is 11.5. The Hall–Kier alpha value is -1.57. The number of nitriles is 1. The van der Waals surface area contributed by atoms with E-state index in [-0.39, 0.29) is 12.1 Å². The molecule has 16 heavy (non-hydrogen) atoms. The van der Waals surface area contributed by atoms with Crippen molar-refractivity contribution in [2.75, 3.05) is 20.2 Å². The van der Waals surface area contributed by atoms with Crippen molar-refractivity contribution in [2.45, 2.75) is 12.1 Å². The Morgan fingerprint density at radius 1 is 1.44 bits per heavy atom. The van der Waals surface area contributed by atoms with Gasteiger partial charge in [0.1, 0.15) is 11.8 Å². The van der Waals surface area contributed by atoms with Crippen LogP contribution in [0.2, 0.25) is 0 Å². The molecule has 1 aromatic carbocycles. The number of rotatable bonds is 3. The number of hydrogen-bond donors (Lipinski definition) is 1. The molecule has 0 aromatic heterocycles. The highest BCUT2D eigenvalue weighted by atomic mass is 16.5. The highest BCUT2D eigenvalue weighted by Gasteiger charge is 2.30. The van der Waals surface area contributed by atoms with E-state index in [1.54, 1.807) is 7.11 Å². The predicted molar refractivity (Wildman–Crippen MR) is 60.9 cm³/mol. The molecular weight excluding hydrogens is 202 g/mol. The second-order valence-electron chi connectivity index (χ2n) is 4.02. The Balaban J connectivity index is 2.11. The average molecular weight is 217 g/mol. The molecule has 0 aliphatic carbocycles. The Kier molecular flexibility index (Phi) is 3.09. The van der Waals surface area contributed by atoms with E-state index in [1.165, 1.54) is 0 Å². The van der Waals surface area contributed by atoms with E-state index in [0.29, 0.717) is 0 Å². The van der Waals surface area contributed by atoms with Gasteiger partial charge in [0.15, 0.2) is 0 Å². The lowest BCUT2D eigenvalue weighted by Crippen LogP contribution is -2.56. The Bertz CT molecular complexity index is 390. The van der Waals surface area contributed by atoms with Crippen LogP contribution in [0.25, 0.3) is 0 Å². The van der Waals surface area contributed by atoms with Gasteiger partial charge in [0.2, 0.25) is 0 Å². The van der Waals surface area contributed by atoms with Gasteiger partial charge in [-0.15, -0.1) is 0 Å². The van der Waals surface area contributed by atoms with Crippen LogP contribution in [0.5, 0.6) is 5.75 Å². The summed E-state index contributed by atoms with van der Waals surface area (Å²) in [6, 6.07) is 9.94. The SMILES string of the molecule is COc1ccc([C@H](C#N)N2CC(N)C2)cc1. The molecule has 4 nitrogen and oxygen atoms in total. The molecule has 1 saturated heterocycles. The van der Waals surface area contributed by atoms with Gasteiger partial charge >= 0.3 is 0 Å². The number of nitrogens with two attached hydrogens (primary N) is 1. The van der Waals surface area contributed by atoms with Crippen molar-refractivity contribution in [3.63, 3.8) is 0 Å². The fourth-order valence-electron chi connectivity index (χ4n) is 1.91. The molecule has 1 aromatic rings. The maximum absolute atomic E-state index is 9.16. The molecule has 1 fully saturated rings. The normalized spacial score (nSPS) is 18.6. The van der Waals surface area contributed by atoms with Gasteiger partial charge in [0.05, 0.1) is 13.2 Å². The van der Waals surface area contributed by atoms with Crippen molar-refractivity contribution in [1.82, 2.24) is 4.90 Å². The van der Waals surface area contributed by atoms with Gasteiger partial charge in [0.25, 0.3) is 0 Å². The Labute approximate surface area is 95.2 Å². The third-order valence-electron chi connectivity index (χ3n) is 2.86. The Morgan fingerprint density at radius 3 is 2.50 bits per heavy atom. The van der Waals surface area contributed by atoms with E-state index in [4.69, 9.17) is 15.7 Å². The van der Waals surface area contributed by atoms with Gasteiger partial charge in [0, 0.05) is 19.1 Å². The van der Waals surface area contributed by atoms with Gasteiger partial charge in [-0.1, -0.05) is 12.1 Å². The maximum Gasteiger partial charge on any atom is 0.123 e.